The van der Waals surface area contributed by atoms with Gasteiger partial charge in [0.05, 0.1) is 34.2 Å². The maximum Gasteiger partial charge on any atom is 0.255 e. The number of carbonyl (C=O) groups excluding carboxylic acids is 1. The second-order valence-corrected chi connectivity index (χ2v) is 16.8. The average Bonchev–Trinajstić information content (AvgIpc) is 3.21. The Hall–Kier alpha value is -2.13. The molecule has 1 saturated heterocycles. The highest BCUT2D eigenvalue weighted by Gasteiger charge is 2.30. The number of carbonyl (C=O) groups is 1. The van der Waals surface area contributed by atoms with Gasteiger partial charge in [0.2, 0.25) is 0 Å². The van der Waals surface area contributed by atoms with Gasteiger partial charge in [0, 0.05) is 30.9 Å². The SMILES string of the molecule is CC1(O)CCN(C(=O)c2ccc(-c3cc4c(Cl)ccnc4n3COCCC(C)(C)S(C)(C)C)nc2)CC1. The second-order valence-electron chi connectivity index (χ2n) is 11.6. The van der Waals surface area contributed by atoms with Crippen molar-refractivity contribution in [3.8, 4) is 11.4 Å². The molecule has 0 aromatic carbocycles. The molecule has 4 rings (SSSR count). The Morgan fingerprint density at radius 3 is 2.51 bits per heavy atom. The number of rotatable bonds is 8. The molecule has 0 bridgehead atoms. The normalized spacial score (nSPS) is 16.8. The first-order chi connectivity index (χ1) is 17.3. The molecule has 1 aliphatic heterocycles. The second kappa shape index (κ2) is 10.6. The molecule has 1 aliphatic rings. The zero-order valence-corrected chi connectivity index (χ0v) is 24.3. The lowest BCUT2D eigenvalue weighted by atomic mass is 9.93. The van der Waals surface area contributed by atoms with Crippen LogP contribution < -0.4 is 0 Å². The third kappa shape index (κ3) is 6.14. The van der Waals surface area contributed by atoms with Gasteiger partial charge in [-0.3, -0.25) is 14.3 Å². The molecule has 37 heavy (non-hydrogen) atoms. The lowest BCUT2D eigenvalue weighted by Crippen LogP contribution is -2.45. The van der Waals surface area contributed by atoms with Gasteiger partial charge >= 0.3 is 0 Å². The number of likely N-dealkylation sites (tertiary alicyclic amines) is 1. The number of hydrogen-bond acceptors (Lipinski definition) is 5. The van der Waals surface area contributed by atoms with Gasteiger partial charge in [-0.1, -0.05) is 25.4 Å². The van der Waals surface area contributed by atoms with Crippen LogP contribution in [0.5, 0.6) is 0 Å². The molecule has 9 heteroatoms. The largest absolute Gasteiger partial charge is 0.390 e. The molecule has 0 saturated carbocycles. The van der Waals surface area contributed by atoms with E-state index in [1.54, 1.807) is 23.4 Å². The fourth-order valence-corrected chi connectivity index (χ4v) is 5.18. The number of pyridine rings is 2. The quantitative estimate of drug-likeness (QED) is 0.373. The molecule has 0 aliphatic carbocycles. The van der Waals surface area contributed by atoms with Crippen molar-refractivity contribution in [2.45, 2.75) is 57.1 Å². The minimum atomic E-state index is -0.723. The Balaban J connectivity index is 1.54. The van der Waals surface area contributed by atoms with E-state index >= 15 is 0 Å². The number of amides is 1. The van der Waals surface area contributed by atoms with Crippen LogP contribution in [-0.2, 0) is 11.5 Å². The summed E-state index contributed by atoms with van der Waals surface area (Å²) in [5.41, 5.74) is 2.13. The van der Waals surface area contributed by atoms with E-state index in [0.717, 1.165) is 28.8 Å². The Labute approximate surface area is 226 Å². The zero-order chi connectivity index (χ0) is 27.0. The smallest absolute Gasteiger partial charge is 0.255 e. The number of nitrogens with zero attached hydrogens (tertiary/aromatic N) is 4. The summed E-state index contributed by atoms with van der Waals surface area (Å²) in [5.74, 6) is -0.0632. The van der Waals surface area contributed by atoms with E-state index in [1.807, 2.05) is 29.7 Å². The summed E-state index contributed by atoms with van der Waals surface area (Å²) in [6, 6.07) is 7.43. The number of hydrogen-bond donors (Lipinski definition) is 1. The predicted molar refractivity (Wildman–Crippen MR) is 154 cm³/mol. The Bertz CT molecular complexity index is 1250. The number of ether oxygens (including phenoxy) is 1. The minimum Gasteiger partial charge on any atom is -0.390 e. The standard InChI is InChI=1S/C28H39ClN4O3S/c1-27(2,37(4,5)6)12-16-36-19-33-24(17-21-22(29)9-13-30-25(21)33)23-8-7-20(18-31-23)26(34)32-14-10-28(3,35)11-15-32/h7-9,13,17-18,35H,10-12,14-16,19H2,1-6H3. The Morgan fingerprint density at radius 2 is 1.89 bits per heavy atom. The molecule has 1 N–H and O–H groups in total. The number of halogens is 1. The van der Waals surface area contributed by atoms with Crippen molar-refractivity contribution < 1.29 is 14.6 Å². The Kier molecular flexibility index (Phi) is 7.96. The van der Waals surface area contributed by atoms with E-state index in [9.17, 15) is 9.90 Å². The molecule has 4 heterocycles. The van der Waals surface area contributed by atoms with Crippen molar-refractivity contribution in [2.75, 3.05) is 38.5 Å². The van der Waals surface area contributed by atoms with Crippen molar-refractivity contribution in [1.29, 1.82) is 0 Å². The lowest BCUT2D eigenvalue weighted by Gasteiger charge is -2.44. The minimum absolute atomic E-state index is 0.0632. The van der Waals surface area contributed by atoms with Crippen LogP contribution in [-0.4, -0.2) is 79.3 Å². The summed E-state index contributed by atoms with van der Waals surface area (Å²) in [6.07, 6.45) is 12.5. The van der Waals surface area contributed by atoms with Crippen LogP contribution in [0.4, 0.5) is 0 Å². The van der Waals surface area contributed by atoms with E-state index in [4.69, 9.17) is 16.3 Å². The maximum atomic E-state index is 13.0. The Morgan fingerprint density at radius 1 is 1.19 bits per heavy atom. The van der Waals surface area contributed by atoms with Crippen molar-refractivity contribution >= 4 is 38.6 Å². The molecule has 7 nitrogen and oxygen atoms in total. The maximum absolute atomic E-state index is 13.0. The topological polar surface area (TPSA) is 80.5 Å². The number of aliphatic hydroxyl groups is 1. The third-order valence-electron chi connectivity index (χ3n) is 7.87. The van der Waals surface area contributed by atoms with Gasteiger partial charge in [-0.15, -0.1) is 0 Å². The monoisotopic (exact) mass is 546 g/mol. The number of aromatic nitrogens is 3. The summed E-state index contributed by atoms with van der Waals surface area (Å²) in [7, 11) is -0.723. The number of fused-ring (bicyclic) bond motifs is 1. The summed E-state index contributed by atoms with van der Waals surface area (Å²) in [4.78, 5) is 24.0. The first-order valence-electron chi connectivity index (χ1n) is 12.7. The fourth-order valence-electron chi connectivity index (χ4n) is 4.29. The van der Waals surface area contributed by atoms with Crippen LogP contribution in [0.3, 0.4) is 0 Å². The van der Waals surface area contributed by atoms with Gasteiger partial charge in [0.25, 0.3) is 5.91 Å². The summed E-state index contributed by atoms with van der Waals surface area (Å²) in [5, 5.41) is 11.6. The molecule has 0 spiro atoms. The van der Waals surface area contributed by atoms with Crippen LogP contribution >= 0.6 is 21.6 Å². The van der Waals surface area contributed by atoms with Crippen LogP contribution in [0.15, 0.2) is 36.7 Å². The van der Waals surface area contributed by atoms with Crippen LogP contribution in [0, 0.1) is 0 Å². The van der Waals surface area contributed by atoms with Gasteiger partial charge in [0.15, 0.2) is 0 Å². The molecule has 0 atom stereocenters. The van der Waals surface area contributed by atoms with E-state index in [0.29, 0.717) is 49.9 Å². The first-order valence-corrected chi connectivity index (χ1v) is 15.9. The predicted octanol–water partition coefficient (Wildman–Crippen LogP) is 5.58. The fraction of sp³-hybridized carbons (Fsp3) is 0.536. The third-order valence-corrected chi connectivity index (χ3v) is 11.7. The number of piperidine rings is 1. The zero-order valence-electron chi connectivity index (χ0n) is 22.8. The molecule has 202 valence electrons. The highest BCUT2D eigenvalue weighted by atomic mass is 35.5. The van der Waals surface area contributed by atoms with Crippen molar-refractivity contribution in [2.24, 2.45) is 0 Å². The molecule has 3 aromatic heterocycles. The summed E-state index contributed by atoms with van der Waals surface area (Å²) >= 11 is 6.49. The highest BCUT2D eigenvalue weighted by Crippen LogP contribution is 2.51. The first kappa shape index (κ1) is 27.9. The van der Waals surface area contributed by atoms with Gasteiger partial charge in [-0.2, -0.15) is 0 Å². The summed E-state index contributed by atoms with van der Waals surface area (Å²) < 4.78 is 8.37. The van der Waals surface area contributed by atoms with Gasteiger partial charge < -0.3 is 14.7 Å². The lowest BCUT2D eigenvalue weighted by molar-refractivity contribution is -0.00203. The van der Waals surface area contributed by atoms with Gasteiger partial charge in [-0.05, 0) is 74.0 Å². The summed E-state index contributed by atoms with van der Waals surface area (Å²) in [6.45, 7) is 8.48. The molecule has 3 aromatic rings. The van der Waals surface area contributed by atoms with Crippen molar-refractivity contribution in [3.05, 3.63) is 47.2 Å². The molecule has 1 amide bonds. The van der Waals surface area contributed by atoms with Gasteiger partial charge in [-0.25, -0.2) is 15.0 Å². The van der Waals surface area contributed by atoms with Crippen LogP contribution in [0.25, 0.3) is 22.4 Å². The molecule has 1 fully saturated rings. The van der Waals surface area contributed by atoms with E-state index < -0.39 is 15.6 Å². The highest BCUT2D eigenvalue weighted by molar-refractivity contribution is 8.33. The van der Waals surface area contributed by atoms with Gasteiger partial charge in [0.1, 0.15) is 12.4 Å². The van der Waals surface area contributed by atoms with Crippen LogP contribution in [0.2, 0.25) is 5.02 Å². The molecule has 0 unspecified atom stereocenters. The van der Waals surface area contributed by atoms with Crippen LogP contribution in [0.1, 0.15) is 50.4 Å². The molecular formula is C28H39ClN4O3S. The van der Waals surface area contributed by atoms with E-state index in [1.165, 1.54) is 0 Å². The molecule has 0 radical (unpaired) electrons. The van der Waals surface area contributed by atoms with Crippen molar-refractivity contribution in [1.82, 2.24) is 19.4 Å². The van der Waals surface area contributed by atoms with E-state index in [2.05, 4.69) is 42.6 Å². The average molecular weight is 547 g/mol. The molecular weight excluding hydrogens is 508 g/mol. The van der Waals surface area contributed by atoms with Crippen molar-refractivity contribution in [3.63, 3.8) is 0 Å². The van der Waals surface area contributed by atoms with E-state index in [-0.39, 0.29) is 10.7 Å².